The van der Waals surface area contributed by atoms with E-state index in [0.717, 1.165) is 0 Å². The number of aromatic amines is 1. The normalized spacial score (nSPS) is 11.9. The van der Waals surface area contributed by atoms with E-state index >= 15 is 0 Å². The fourth-order valence-electron chi connectivity index (χ4n) is 1.45. The summed E-state index contributed by atoms with van der Waals surface area (Å²) < 4.78 is 11.7. The molecule has 0 aliphatic rings. The number of anilines is 1. The van der Waals surface area contributed by atoms with E-state index in [1.165, 1.54) is 0 Å². The highest BCUT2D eigenvalue weighted by Gasteiger charge is 2.08. The van der Waals surface area contributed by atoms with Crippen LogP contribution >= 0.6 is 0 Å². The predicted molar refractivity (Wildman–Crippen MR) is 67.8 cm³/mol. The number of aromatic nitrogens is 2. The van der Waals surface area contributed by atoms with Gasteiger partial charge in [0.15, 0.2) is 0 Å². The minimum Gasteiger partial charge on any atom is -0.465 e. The summed E-state index contributed by atoms with van der Waals surface area (Å²) in [5, 5.41) is 10.7. The van der Waals surface area contributed by atoms with Crippen LogP contribution in [0, 0.1) is 12.3 Å². The van der Waals surface area contributed by atoms with Crippen molar-refractivity contribution in [1.82, 2.24) is 9.97 Å². The number of amides is 1. The van der Waals surface area contributed by atoms with Gasteiger partial charge in [-0.1, -0.05) is 5.92 Å². The van der Waals surface area contributed by atoms with Gasteiger partial charge < -0.3 is 10.1 Å². The summed E-state index contributed by atoms with van der Waals surface area (Å²) in [6, 6.07) is 4.95. The van der Waals surface area contributed by atoms with Crippen molar-refractivity contribution in [3.05, 3.63) is 18.2 Å². The van der Waals surface area contributed by atoms with Crippen LogP contribution < -0.4 is 5.32 Å². The summed E-state index contributed by atoms with van der Waals surface area (Å²) >= 11 is 0. The van der Waals surface area contributed by atoms with Gasteiger partial charge in [0.1, 0.15) is 0 Å². The van der Waals surface area contributed by atoms with Gasteiger partial charge in [0, 0.05) is 4.90 Å². The molecule has 0 aliphatic carbocycles. The first kappa shape index (κ1) is 12.1. The van der Waals surface area contributed by atoms with E-state index in [9.17, 15) is 9.00 Å². The molecule has 1 amide bonds. The molecule has 1 atom stereocenters. The first-order chi connectivity index (χ1) is 8.60. The smallest absolute Gasteiger partial charge is 0.411 e. The van der Waals surface area contributed by atoms with Crippen molar-refractivity contribution in [3.8, 4) is 12.3 Å². The number of carboxylic acid groups (broad SMARTS) is 1. The maximum atomic E-state index is 11.7. The van der Waals surface area contributed by atoms with Crippen molar-refractivity contribution in [2.24, 2.45) is 0 Å². The Labute approximate surface area is 105 Å². The first-order valence-electron chi connectivity index (χ1n) is 4.91. The van der Waals surface area contributed by atoms with Crippen LogP contribution in [0.4, 0.5) is 10.7 Å². The maximum absolute atomic E-state index is 11.7. The number of rotatable bonds is 3. The number of benzene rings is 1. The van der Waals surface area contributed by atoms with Gasteiger partial charge in [0.2, 0.25) is 5.95 Å². The summed E-state index contributed by atoms with van der Waals surface area (Å²) in [7, 11) is -1.26. The van der Waals surface area contributed by atoms with E-state index in [2.05, 4.69) is 21.2 Å². The molecule has 0 fully saturated rings. The minimum atomic E-state index is -1.26. The Kier molecular flexibility index (Phi) is 3.30. The summed E-state index contributed by atoms with van der Waals surface area (Å²) in [4.78, 5) is 17.8. The fourth-order valence-corrected chi connectivity index (χ4v) is 2.24. The van der Waals surface area contributed by atoms with Gasteiger partial charge in [0.25, 0.3) is 0 Å². The lowest BCUT2D eigenvalue weighted by Gasteiger charge is -1.97. The first-order valence-corrected chi connectivity index (χ1v) is 6.23. The second-order valence-electron chi connectivity index (χ2n) is 3.39. The zero-order chi connectivity index (χ0) is 13.1. The molecule has 1 aromatic heterocycles. The van der Waals surface area contributed by atoms with Gasteiger partial charge >= 0.3 is 6.09 Å². The largest absolute Gasteiger partial charge is 0.465 e. The number of nitrogens with one attached hydrogen (secondary N) is 2. The second kappa shape index (κ2) is 4.89. The summed E-state index contributed by atoms with van der Waals surface area (Å²) in [5.41, 5.74) is 1.18. The molecule has 0 saturated heterocycles. The van der Waals surface area contributed by atoms with E-state index < -0.39 is 16.9 Å². The SMILES string of the molecule is C#CCS(=O)c1ccc2nc(NC(=O)O)[nH]c2c1. The lowest BCUT2D eigenvalue weighted by molar-refractivity contribution is 0.209. The maximum Gasteiger partial charge on any atom is 0.411 e. The van der Waals surface area contributed by atoms with Crippen LogP contribution in [0.2, 0.25) is 0 Å². The number of nitrogens with zero attached hydrogens (tertiary/aromatic N) is 1. The van der Waals surface area contributed by atoms with E-state index in [1.54, 1.807) is 18.2 Å². The van der Waals surface area contributed by atoms with Gasteiger partial charge in [-0.25, -0.2) is 9.78 Å². The summed E-state index contributed by atoms with van der Waals surface area (Å²) in [6.45, 7) is 0. The Morgan fingerprint density at radius 2 is 2.39 bits per heavy atom. The number of carbonyl (C=O) groups is 1. The van der Waals surface area contributed by atoms with Gasteiger partial charge in [-0.15, -0.1) is 6.42 Å². The van der Waals surface area contributed by atoms with Crippen LogP contribution in [0.1, 0.15) is 0 Å². The molecule has 3 N–H and O–H groups in total. The topological polar surface area (TPSA) is 95.1 Å². The number of hydrogen-bond donors (Lipinski definition) is 3. The molecule has 0 spiro atoms. The van der Waals surface area contributed by atoms with Gasteiger partial charge in [-0.2, -0.15) is 0 Å². The highest BCUT2D eigenvalue weighted by molar-refractivity contribution is 7.85. The van der Waals surface area contributed by atoms with Crippen LogP contribution in [0.25, 0.3) is 11.0 Å². The molecule has 1 unspecified atom stereocenters. The number of terminal acetylenes is 1. The molecule has 18 heavy (non-hydrogen) atoms. The van der Waals surface area contributed by atoms with Gasteiger partial charge in [0.05, 0.1) is 27.6 Å². The van der Waals surface area contributed by atoms with E-state index in [-0.39, 0.29) is 11.7 Å². The van der Waals surface area contributed by atoms with Gasteiger partial charge in [-0.3, -0.25) is 9.53 Å². The Morgan fingerprint density at radius 1 is 1.61 bits per heavy atom. The third-order valence-corrected chi connectivity index (χ3v) is 3.36. The van der Waals surface area contributed by atoms with E-state index in [4.69, 9.17) is 11.5 Å². The van der Waals surface area contributed by atoms with E-state index in [0.29, 0.717) is 15.9 Å². The summed E-state index contributed by atoms with van der Waals surface area (Å²) in [5.74, 6) is 2.59. The average molecular weight is 263 g/mol. The Bertz CT molecular complexity index is 672. The Balaban J connectivity index is 2.37. The molecule has 0 bridgehead atoms. The average Bonchev–Trinajstić information content (AvgIpc) is 2.69. The monoisotopic (exact) mass is 263 g/mol. The lowest BCUT2D eigenvalue weighted by Crippen LogP contribution is -2.08. The van der Waals surface area contributed by atoms with Crippen molar-refractivity contribution < 1.29 is 14.1 Å². The van der Waals surface area contributed by atoms with Crippen LogP contribution in [0.15, 0.2) is 23.1 Å². The van der Waals surface area contributed by atoms with E-state index in [1.807, 2.05) is 0 Å². The predicted octanol–water partition coefficient (Wildman–Crippen LogP) is 1.39. The molecule has 0 saturated carbocycles. The standard InChI is InChI=1S/C11H9N3O3S/c1-2-5-18(17)7-3-4-8-9(6-7)13-10(12-8)14-11(15)16/h1,3-4,6H,5H2,(H,15,16)(H2,12,13,14). The Morgan fingerprint density at radius 3 is 3.06 bits per heavy atom. The fraction of sp³-hybridized carbons (Fsp3) is 0.0909. The molecule has 6 nitrogen and oxygen atoms in total. The van der Waals surface area contributed by atoms with Crippen LogP contribution in [0.5, 0.6) is 0 Å². The molecule has 0 aliphatic heterocycles. The quantitative estimate of drug-likeness (QED) is 0.729. The Hall–Kier alpha value is -2.33. The second-order valence-corrected chi connectivity index (χ2v) is 4.84. The molecule has 92 valence electrons. The molecular weight excluding hydrogens is 254 g/mol. The van der Waals surface area contributed by atoms with Crippen molar-refractivity contribution in [1.29, 1.82) is 0 Å². The number of fused-ring (bicyclic) bond motifs is 1. The van der Waals surface area contributed by atoms with Crippen molar-refractivity contribution >= 4 is 33.9 Å². The number of H-pyrrole nitrogens is 1. The van der Waals surface area contributed by atoms with Crippen LogP contribution in [-0.4, -0.2) is 31.1 Å². The third-order valence-electron chi connectivity index (χ3n) is 2.16. The highest BCUT2D eigenvalue weighted by atomic mass is 32.2. The number of hydrogen-bond acceptors (Lipinski definition) is 3. The summed E-state index contributed by atoms with van der Waals surface area (Å²) in [6.07, 6.45) is 3.90. The number of imidazole rings is 1. The molecule has 2 rings (SSSR count). The molecule has 2 aromatic rings. The third kappa shape index (κ3) is 2.49. The molecule has 7 heteroatoms. The molecule has 1 heterocycles. The molecule has 1 aromatic carbocycles. The minimum absolute atomic E-state index is 0.123. The van der Waals surface area contributed by atoms with Crippen molar-refractivity contribution in [2.75, 3.05) is 11.1 Å². The van der Waals surface area contributed by atoms with Crippen LogP contribution in [-0.2, 0) is 10.8 Å². The van der Waals surface area contributed by atoms with Crippen molar-refractivity contribution in [2.45, 2.75) is 4.90 Å². The zero-order valence-corrected chi connectivity index (χ0v) is 9.95. The van der Waals surface area contributed by atoms with Crippen molar-refractivity contribution in [3.63, 3.8) is 0 Å². The van der Waals surface area contributed by atoms with Gasteiger partial charge in [-0.05, 0) is 18.2 Å². The molecule has 0 radical (unpaired) electrons. The molecular formula is C11H9N3O3S. The highest BCUT2D eigenvalue weighted by Crippen LogP contribution is 2.18. The van der Waals surface area contributed by atoms with Crippen LogP contribution in [0.3, 0.4) is 0 Å². The zero-order valence-electron chi connectivity index (χ0n) is 9.14. The lowest BCUT2D eigenvalue weighted by atomic mass is 10.3.